The van der Waals surface area contributed by atoms with Gasteiger partial charge in [0.05, 0.1) is 12.3 Å². The summed E-state index contributed by atoms with van der Waals surface area (Å²) >= 11 is 1.25. The van der Waals surface area contributed by atoms with E-state index in [-0.39, 0.29) is 0 Å². The average Bonchev–Trinajstić information content (AvgIpc) is 3.07. The van der Waals surface area contributed by atoms with E-state index in [2.05, 4.69) is 4.98 Å². The van der Waals surface area contributed by atoms with E-state index in [1.165, 1.54) is 18.0 Å². The molecule has 130 valence electrons. The molecular formula is C18H17NO5S. The van der Waals surface area contributed by atoms with Crippen molar-refractivity contribution in [3.63, 3.8) is 0 Å². The molecule has 1 aromatic carbocycles. The van der Waals surface area contributed by atoms with E-state index in [4.69, 9.17) is 9.15 Å². The molecule has 3 N–H and O–H groups in total. The van der Waals surface area contributed by atoms with Crippen molar-refractivity contribution >= 4 is 22.7 Å². The summed E-state index contributed by atoms with van der Waals surface area (Å²) in [6.07, 6.45) is -0.147. The molecule has 4 rings (SSSR count). The molecule has 1 aliphatic rings. The van der Waals surface area contributed by atoms with Crippen LogP contribution in [0.25, 0.3) is 22.3 Å². The van der Waals surface area contributed by atoms with Gasteiger partial charge in [-0.05, 0) is 18.2 Å². The Kier molecular flexibility index (Phi) is 4.39. The van der Waals surface area contributed by atoms with E-state index < -0.39 is 23.7 Å². The summed E-state index contributed by atoms with van der Waals surface area (Å²) in [6.45, 7) is 0. The van der Waals surface area contributed by atoms with E-state index >= 15 is 0 Å². The Morgan fingerprint density at radius 2 is 1.92 bits per heavy atom. The smallest absolute Gasteiger partial charge is 0.173 e. The number of aliphatic hydroxyl groups is 3. The second kappa shape index (κ2) is 6.68. The summed E-state index contributed by atoms with van der Waals surface area (Å²) in [5.41, 5.74) is 0.870. The van der Waals surface area contributed by atoms with Gasteiger partial charge in [-0.2, -0.15) is 0 Å². The lowest BCUT2D eigenvalue weighted by Gasteiger charge is -2.34. The van der Waals surface area contributed by atoms with Crippen LogP contribution in [-0.4, -0.2) is 49.8 Å². The minimum absolute atomic E-state index is 0.291. The van der Waals surface area contributed by atoms with Crippen LogP contribution in [0.1, 0.15) is 0 Å². The fourth-order valence-corrected chi connectivity index (χ4v) is 3.88. The van der Waals surface area contributed by atoms with Crippen LogP contribution in [0.4, 0.5) is 0 Å². The first kappa shape index (κ1) is 16.4. The van der Waals surface area contributed by atoms with Crippen molar-refractivity contribution in [3.05, 3.63) is 48.8 Å². The van der Waals surface area contributed by atoms with Crippen molar-refractivity contribution in [2.24, 2.45) is 0 Å². The number of nitrogens with zero attached hydrogens (tertiary/aromatic N) is 1. The van der Waals surface area contributed by atoms with Crippen LogP contribution < -0.4 is 4.74 Å². The van der Waals surface area contributed by atoms with Gasteiger partial charge in [0.15, 0.2) is 5.44 Å². The number of benzene rings is 1. The number of rotatable bonds is 3. The molecule has 0 aliphatic carbocycles. The second-order valence-electron chi connectivity index (χ2n) is 5.93. The maximum absolute atomic E-state index is 10.1. The van der Waals surface area contributed by atoms with Gasteiger partial charge in [0, 0.05) is 22.9 Å². The van der Waals surface area contributed by atoms with E-state index in [0.717, 1.165) is 16.5 Å². The fourth-order valence-electron chi connectivity index (χ4n) is 2.76. The Hall–Kier alpha value is -2.06. The summed E-state index contributed by atoms with van der Waals surface area (Å²) in [4.78, 5) is 4.17. The number of hydrogen-bond acceptors (Lipinski definition) is 7. The lowest BCUT2D eigenvalue weighted by molar-refractivity contribution is -0.0786. The van der Waals surface area contributed by atoms with Gasteiger partial charge < -0.3 is 24.5 Å². The molecule has 1 fully saturated rings. The minimum atomic E-state index is -1.22. The molecule has 0 bridgehead atoms. The molecule has 7 heteroatoms. The van der Waals surface area contributed by atoms with Crippen molar-refractivity contribution < 1.29 is 24.5 Å². The summed E-state index contributed by atoms with van der Waals surface area (Å²) in [5, 5.41) is 30.4. The third-order valence-corrected chi connectivity index (χ3v) is 5.37. The van der Waals surface area contributed by atoms with E-state index in [1.54, 1.807) is 12.3 Å². The van der Waals surface area contributed by atoms with Gasteiger partial charge in [-0.15, -0.1) is 11.8 Å². The zero-order valence-corrected chi connectivity index (χ0v) is 14.0. The monoisotopic (exact) mass is 359 g/mol. The number of para-hydroxylation sites is 1. The second-order valence-corrected chi connectivity index (χ2v) is 7.06. The van der Waals surface area contributed by atoms with Crippen LogP contribution in [0.15, 0.2) is 53.2 Å². The summed E-state index contributed by atoms with van der Waals surface area (Å²) in [6, 6.07) is 11.4. The van der Waals surface area contributed by atoms with Gasteiger partial charge in [0.25, 0.3) is 0 Å². The highest BCUT2D eigenvalue weighted by molar-refractivity contribution is 7.99. The Balaban J connectivity index is 1.57. The third kappa shape index (κ3) is 3.23. The molecule has 3 heterocycles. The van der Waals surface area contributed by atoms with Crippen LogP contribution in [0.3, 0.4) is 0 Å². The van der Waals surface area contributed by atoms with Crippen LogP contribution in [0.2, 0.25) is 0 Å². The molecule has 0 spiro atoms. The normalized spacial score (nSPS) is 26.7. The SMILES string of the molecule is O[C@@H]1[C@@H](O)[C@H](Oc2cncc(-c3cc4ccccc4o3)c2)SC[C@H]1O. The number of aromatic nitrogens is 1. The largest absolute Gasteiger partial charge is 0.475 e. The summed E-state index contributed by atoms with van der Waals surface area (Å²) in [7, 11) is 0. The number of ether oxygens (including phenoxy) is 1. The highest BCUT2D eigenvalue weighted by Crippen LogP contribution is 2.32. The molecule has 0 saturated carbocycles. The highest BCUT2D eigenvalue weighted by Gasteiger charge is 2.38. The Morgan fingerprint density at radius 3 is 2.76 bits per heavy atom. The van der Waals surface area contributed by atoms with Gasteiger partial charge in [-0.1, -0.05) is 18.2 Å². The molecule has 1 saturated heterocycles. The van der Waals surface area contributed by atoms with Gasteiger partial charge in [0.1, 0.15) is 29.3 Å². The third-order valence-electron chi connectivity index (χ3n) is 4.13. The van der Waals surface area contributed by atoms with Crippen molar-refractivity contribution in [3.8, 4) is 17.1 Å². The molecule has 3 aromatic rings. The quantitative estimate of drug-likeness (QED) is 0.658. The Morgan fingerprint density at radius 1 is 1.08 bits per heavy atom. The van der Waals surface area contributed by atoms with Crippen molar-refractivity contribution in [2.75, 3.05) is 5.75 Å². The topological polar surface area (TPSA) is 96.0 Å². The summed E-state index contributed by atoms with van der Waals surface area (Å²) < 4.78 is 11.6. The lowest BCUT2D eigenvalue weighted by Crippen LogP contribution is -2.50. The van der Waals surface area contributed by atoms with E-state index in [0.29, 0.717) is 17.3 Å². The minimum Gasteiger partial charge on any atom is -0.475 e. The zero-order valence-electron chi connectivity index (χ0n) is 13.1. The number of fused-ring (bicyclic) bond motifs is 1. The van der Waals surface area contributed by atoms with Gasteiger partial charge in [0.2, 0.25) is 0 Å². The number of thioether (sulfide) groups is 1. The molecule has 0 radical (unpaired) electrons. The molecule has 0 amide bonds. The summed E-state index contributed by atoms with van der Waals surface area (Å²) in [5.74, 6) is 1.42. The number of aliphatic hydroxyl groups excluding tert-OH is 3. The van der Waals surface area contributed by atoms with Crippen molar-refractivity contribution in [1.82, 2.24) is 4.98 Å². The first-order valence-corrected chi connectivity index (χ1v) is 8.93. The van der Waals surface area contributed by atoms with E-state index in [1.807, 2.05) is 30.3 Å². The molecule has 1 aliphatic heterocycles. The molecule has 0 unspecified atom stereocenters. The predicted octanol–water partition coefficient (Wildman–Crippen LogP) is 2.03. The van der Waals surface area contributed by atoms with Crippen molar-refractivity contribution in [1.29, 1.82) is 0 Å². The number of furan rings is 1. The standard InChI is InChI=1S/C18H17NO5S/c20-13-9-25-18(17(22)16(13)21)23-12-5-11(7-19-8-12)15-6-10-3-1-2-4-14(10)24-15/h1-8,13,16-18,20-22H,9H2/t13-,16+,17-,18-/m1/s1. The van der Waals surface area contributed by atoms with Gasteiger partial charge in [-0.3, -0.25) is 4.98 Å². The average molecular weight is 359 g/mol. The number of hydrogen-bond donors (Lipinski definition) is 3. The predicted molar refractivity (Wildman–Crippen MR) is 94.3 cm³/mol. The van der Waals surface area contributed by atoms with Crippen LogP contribution >= 0.6 is 11.8 Å². The molecule has 2 aromatic heterocycles. The van der Waals surface area contributed by atoms with Gasteiger partial charge >= 0.3 is 0 Å². The Bertz CT molecular complexity index is 850. The maximum Gasteiger partial charge on any atom is 0.173 e. The molecule has 25 heavy (non-hydrogen) atoms. The molecule has 6 nitrogen and oxygen atoms in total. The molecular weight excluding hydrogens is 342 g/mol. The lowest BCUT2D eigenvalue weighted by atomic mass is 10.1. The van der Waals surface area contributed by atoms with Crippen molar-refractivity contribution in [2.45, 2.75) is 23.7 Å². The molecule has 4 atom stereocenters. The number of pyridine rings is 1. The van der Waals surface area contributed by atoms with Gasteiger partial charge in [-0.25, -0.2) is 0 Å². The van der Waals surface area contributed by atoms with Crippen LogP contribution in [0, 0.1) is 0 Å². The first-order valence-electron chi connectivity index (χ1n) is 7.88. The first-order chi connectivity index (χ1) is 12.1. The van der Waals surface area contributed by atoms with E-state index in [9.17, 15) is 15.3 Å². The zero-order chi connectivity index (χ0) is 17.4. The fraction of sp³-hybridized carbons (Fsp3) is 0.278. The van der Waals surface area contributed by atoms with Crippen LogP contribution in [-0.2, 0) is 0 Å². The highest BCUT2D eigenvalue weighted by atomic mass is 32.2. The maximum atomic E-state index is 10.1. The Labute approximate surface area is 148 Å². The van der Waals surface area contributed by atoms with Crippen LogP contribution in [0.5, 0.6) is 5.75 Å².